The lowest BCUT2D eigenvalue weighted by Gasteiger charge is -2.21. The Hall–Kier alpha value is -1.15. The van der Waals surface area contributed by atoms with Gasteiger partial charge < -0.3 is 9.53 Å². The van der Waals surface area contributed by atoms with E-state index in [0.29, 0.717) is 0 Å². The summed E-state index contributed by atoms with van der Waals surface area (Å²) in [6.45, 7) is 3.17. The van der Waals surface area contributed by atoms with Gasteiger partial charge in [0.1, 0.15) is 6.29 Å². The van der Waals surface area contributed by atoms with Gasteiger partial charge in [0.05, 0.1) is 6.61 Å². The molecule has 0 amide bonds. The van der Waals surface area contributed by atoms with Gasteiger partial charge in [-0.3, -0.25) is 0 Å². The maximum absolute atomic E-state index is 8.81. The highest BCUT2D eigenvalue weighted by atomic mass is 16.5. The van der Waals surface area contributed by atoms with Gasteiger partial charge in [-0.25, -0.2) is 0 Å². The summed E-state index contributed by atoms with van der Waals surface area (Å²) in [5, 5.41) is 0. The summed E-state index contributed by atoms with van der Waals surface area (Å²) >= 11 is 0. The molecule has 1 aromatic rings. The van der Waals surface area contributed by atoms with Crippen LogP contribution in [-0.4, -0.2) is 12.9 Å². The fourth-order valence-electron chi connectivity index (χ4n) is 2.27. The summed E-state index contributed by atoms with van der Waals surface area (Å²) in [5.74, 6) is 0.822. The van der Waals surface area contributed by atoms with Crippen molar-refractivity contribution in [2.45, 2.75) is 45.6 Å². The van der Waals surface area contributed by atoms with Gasteiger partial charge in [0, 0.05) is 6.61 Å². The standard InChI is InChI=1S/C14H20O.C2H4O/c1-3-7-13(8-4-1)11-15-12-14-9-5-2-6-10-14;1-2-3/h1,3-4,7-8,14H,2,5-6,9-12H2;2H,1H3. The largest absolute Gasteiger partial charge is 0.376 e. The summed E-state index contributed by atoms with van der Waals surface area (Å²) in [5.41, 5.74) is 1.29. The number of carbonyl (C=O) groups excluding carboxylic acids is 1. The first-order chi connectivity index (χ1) is 8.86. The summed E-state index contributed by atoms with van der Waals surface area (Å²) < 4.78 is 5.76. The van der Waals surface area contributed by atoms with E-state index in [4.69, 9.17) is 9.53 Å². The molecule has 0 heterocycles. The third-order valence-corrected chi connectivity index (χ3v) is 3.19. The molecular formula is C16H24O2. The lowest BCUT2D eigenvalue weighted by molar-refractivity contribution is -0.106. The van der Waals surface area contributed by atoms with Crippen molar-refractivity contribution in [2.24, 2.45) is 5.92 Å². The minimum absolute atomic E-state index is 0.750. The van der Waals surface area contributed by atoms with Gasteiger partial charge in [-0.1, -0.05) is 49.6 Å². The van der Waals surface area contributed by atoms with E-state index in [1.165, 1.54) is 44.6 Å². The second kappa shape index (κ2) is 9.84. The van der Waals surface area contributed by atoms with Crippen LogP contribution >= 0.6 is 0 Å². The Kier molecular flexibility index (Phi) is 8.15. The number of rotatable bonds is 4. The Morgan fingerprint density at radius 3 is 2.39 bits per heavy atom. The molecule has 0 radical (unpaired) electrons. The second-order valence-electron chi connectivity index (χ2n) is 4.74. The molecule has 1 saturated carbocycles. The van der Waals surface area contributed by atoms with E-state index in [1.54, 1.807) is 0 Å². The lowest BCUT2D eigenvalue weighted by Crippen LogP contribution is -2.13. The molecule has 0 spiro atoms. The second-order valence-corrected chi connectivity index (χ2v) is 4.74. The third-order valence-electron chi connectivity index (χ3n) is 3.19. The smallest absolute Gasteiger partial charge is 0.116 e. The molecule has 1 fully saturated rings. The first kappa shape index (κ1) is 14.9. The van der Waals surface area contributed by atoms with E-state index in [1.807, 2.05) is 6.07 Å². The van der Waals surface area contributed by atoms with Crippen LogP contribution in [0.2, 0.25) is 0 Å². The van der Waals surface area contributed by atoms with Gasteiger partial charge in [-0.15, -0.1) is 0 Å². The molecule has 0 unspecified atom stereocenters. The van der Waals surface area contributed by atoms with E-state index < -0.39 is 0 Å². The van der Waals surface area contributed by atoms with Crippen LogP contribution in [0.25, 0.3) is 0 Å². The lowest BCUT2D eigenvalue weighted by atomic mass is 9.90. The van der Waals surface area contributed by atoms with E-state index >= 15 is 0 Å². The number of benzene rings is 1. The van der Waals surface area contributed by atoms with Gasteiger partial charge in [0.2, 0.25) is 0 Å². The van der Waals surface area contributed by atoms with Crippen molar-refractivity contribution in [3.63, 3.8) is 0 Å². The van der Waals surface area contributed by atoms with Gasteiger partial charge in [-0.05, 0) is 31.2 Å². The molecule has 0 N–H and O–H groups in total. The Labute approximate surface area is 110 Å². The minimum Gasteiger partial charge on any atom is -0.376 e. The van der Waals surface area contributed by atoms with Gasteiger partial charge >= 0.3 is 0 Å². The molecule has 1 aliphatic carbocycles. The molecule has 0 bridgehead atoms. The average Bonchev–Trinajstić information content (AvgIpc) is 2.42. The summed E-state index contributed by atoms with van der Waals surface area (Å²) in [6, 6.07) is 10.4. The number of aldehydes is 1. The maximum atomic E-state index is 8.81. The highest BCUT2D eigenvalue weighted by Gasteiger charge is 2.12. The fourth-order valence-corrected chi connectivity index (χ4v) is 2.27. The molecule has 1 aromatic carbocycles. The maximum Gasteiger partial charge on any atom is 0.116 e. The minimum atomic E-state index is 0.750. The van der Waals surface area contributed by atoms with Crippen LogP contribution in [0.3, 0.4) is 0 Å². The predicted molar refractivity (Wildman–Crippen MR) is 74.4 cm³/mol. The van der Waals surface area contributed by atoms with Crippen molar-refractivity contribution < 1.29 is 9.53 Å². The van der Waals surface area contributed by atoms with Crippen molar-refractivity contribution in [3.8, 4) is 0 Å². The van der Waals surface area contributed by atoms with E-state index in [0.717, 1.165) is 25.4 Å². The van der Waals surface area contributed by atoms with E-state index in [-0.39, 0.29) is 0 Å². The predicted octanol–water partition coefficient (Wildman–Crippen LogP) is 3.99. The van der Waals surface area contributed by atoms with Gasteiger partial charge in [0.15, 0.2) is 0 Å². The zero-order valence-electron chi connectivity index (χ0n) is 11.3. The molecule has 100 valence electrons. The molecule has 0 saturated heterocycles. The normalized spacial score (nSPS) is 15.6. The molecule has 1 aliphatic rings. The molecule has 0 atom stereocenters. The van der Waals surface area contributed by atoms with Crippen LogP contribution in [0.15, 0.2) is 30.3 Å². The first-order valence-corrected chi connectivity index (χ1v) is 6.88. The molecule has 0 aliphatic heterocycles. The van der Waals surface area contributed by atoms with Crippen LogP contribution in [0, 0.1) is 5.92 Å². The highest BCUT2D eigenvalue weighted by Crippen LogP contribution is 2.23. The summed E-state index contributed by atoms with van der Waals surface area (Å²) in [7, 11) is 0. The Morgan fingerprint density at radius 2 is 1.78 bits per heavy atom. The fraction of sp³-hybridized carbons (Fsp3) is 0.562. The molecule has 2 nitrogen and oxygen atoms in total. The van der Waals surface area contributed by atoms with E-state index in [9.17, 15) is 0 Å². The van der Waals surface area contributed by atoms with E-state index in [2.05, 4.69) is 24.3 Å². The first-order valence-electron chi connectivity index (χ1n) is 6.88. The molecule has 18 heavy (non-hydrogen) atoms. The van der Waals surface area contributed by atoms with Gasteiger partial charge in [-0.2, -0.15) is 0 Å². The van der Waals surface area contributed by atoms with Crippen LogP contribution in [0.5, 0.6) is 0 Å². The number of hydrogen-bond acceptors (Lipinski definition) is 2. The number of ether oxygens (including phenoxy) is 1. The van der Waals surface area contributed by atoms with Crippen molar-refractivity contribution in [1.82, 2.24) is 0 Å². The van der Waals surface area contributed by atoms with Crippen molar-refractivity contribution in [2.75, 3.05) is 6.61 Å². The highest BCUT2D eigenvalue weighted by molar-refractivity contribution is 5.44. The SMILES string of the molecule is CC=O.c1ccc(COCC2CCCCC2)cc1. The third kappa shape index (κ3) is 6.55. The van der Waals surface area contributed by atoms with Crippen LogP contribution < -0.4 is 0 Å². The zero-order valence-corrected chi connectivity index (χ0v) is 11.3. The van der Waals surface area contributed by atoms with Crippen molar-refractivity contribution in [1.29, 1.82) is 0 Å². The Bertz CT molecular complexity index is 302. The van der Waals surface area contributed by atoms with Crippen LogP contribution in [-0.2, 0) is 16.1 Å². The molecule has 0 aromatic heterocycles. The van der Waals surface area contributed by atoms with Gasteiger partial charge in [0.25, 0.3) is 0 Å². The van der Waals surface area contributed by atoms with Crippen molar-refractivity contribution in [3.05, 3.63) is 35.9 Å². The quantitative estimate of drug-likeness (QED) is 0.753. The monoisotopic (exact) mass is 248 g/mol. The topological polar surface area (TPSA) is 26.3 Å². The van der Waals surface area contributed by atoms with Crippen molar-refractivity contribution >= 4 is 6.29 Å². The molecule has 2 heteroatoms. The number of carbonyl (C=O) groups is 1. The van der Waals surface area contributed by atoms with Crippen LogP contribution in [0.1, 0.15) is 44.6 Å². The Morgan fingerprint density at radius 1 is 1.17 bits per heavy atom. The van der Waals surface area contributed by atoms with Crippen LogP contribution in [0.4, 0.5) is 0 Å². The molecule has 2 rings (SSSR count). The summed E-state index contributed by atoms with van der Waals surface area (Å²) in [6.07, 6.45) is 7.72. The summed E-state index contributed by atoms with van der Waals surface area (Å²) in [4.78, 5) is 8.81. The Balaban J connectivity index is 0.000000492. The number of hydrogen-bond donors (Lipinski definition) is 0. The average molecular weight is 248 g/mol. The zero-order chi connectivity index (χ0) is 13.1. The molecular weight excluding hydrogens is 224 g/mol.